The highest BCUT2D eigenvalue weighted by atomic mass is 16.7. The highest BCUT2D eigenvalue weighted by molar-refractivity contribution is 5.82. The van der Waals surface area contributed by atoms with Crippen LogP contribution in [0, 0.1) is 0 Å². The number of hydrogen-bond donors (Lipinski definition) is 0. The smallest absolute Gasteiger partial charge is 0.306 e. The third-order valence-corrected chi connectivity index (χ3v) is 13.3. The molecule has 2 atom stereocenters. The van der Waals surface area contributed by atoms with Crippen LogP contribution < -0.4 is 0 Å². The molecule has 0 saturated heterocycles. The van der Waals surface area contributed by atoms with Crippen LogP contribution >= 0.6 is 0 Å². The lowest BCUT2D eigenvalue weighted by Gasteiger charge is -2.32. The minimum Gasteiger partial charge on any atom is -0.463 e. The summed E-state index contributed by atoms with van der Waals surface area (Å²) in [5.41, 5.74) is 0. The summed E-state index contributed by atoms with van der Waals surface area (Å²) in [7, 11) is 3.97. The van der Waals surface area contributed by atoms with E-state index in [1.807, 2.05) is 14.1 Å². The zero-order chi connectivity index (χ0) is 52.3. The third kappa shape index (κ3) is 45.8. The molecule has 0 N–H and O–H groups in total. The van der Waals surface area contributed by atoms with E-state index in [9.17, 15) is 19.2 Å². The van der Waals surface area contributed by atoms with Gasteiger partial charge in [0.1, 0.15) is 19.3 Å². The van der Waals surface area contributed by atoms with Crippen molar-refractivity contribution in [3.63, 3.8) is 0 Å². The Labute approximate surface area is 437 Å². The first-order chi connectivity index (χ1) is 34.6. The molecule has 0 bridgehead atoms. The Morgan fingerprint density at radius 1 is 0.423 bits per heavy atom. The Morgan fingerprint density at radius 3 is 1.38 bits per heavy atom. The van der Waals surface area contributed by atoms with Crippen LogP contribution in [0.2, 0.25) is 0 Å². The summed E-state index contributed by atoms with van der Waals surface area (Å²) in [5.74, 6) is -1.28. The summed E-state index contributed by atoms with van der Waals surface area (Å²) in [6.07, 6.45) is 41.5. The van der Waals surface area contributed by atoms with Crippen LogP contribution in [0.1, 0.15) is 279 Å². The average Bonchev–Trinajstić information content (AvgIpc) is 3.35. The highest BCUT2D eigenvalue weighted by Crippen LogP contribution is 2.18. The van der Waals surface area contributed by atoms with Gasteiger partial charge in [-0.2, -0.15) is 0 Å². The average molecular weight is 1010 g/mol. The predicted molar refractivity (Wildman–Crippen MR) is 295 cm³/mol. The van der Waals surface area contributed by atoms with Crippen molar-refractivity contribution in [2.75, 3.05) is 53.6 Å². The Kier molecular flexibility index (Phi) is 50.5. The number of hydrogen-bond acceptors (Lipinski definition) is 10. The van der Waals surface area contributed by atoms with Crippen molar-refractivity contribution in [2.45, 2.75) is 297 Å². The molecule has 0 radical (unpaired) electrons. The maximum absolute atomic E-state index is 14.1. The number of ether oxygens (including phenoxy) is 5. The second-order valence-electron chi connectivity index (χ2n) is 20.6. The molecule has 0 spiro atoms. The van der Waals surface area contributed by atoms with E-state index in [1.54, 1.807) is 4.90 Å². The lowest BCUT2D eigenvalue weighted by atomic mass is 10.1. The first kappa shape index (κ1) is 68.5. The number of allylic oxidation sites excluding steroid dienone is 2. The van der Waals surface area contributed by atoms with E-state index in [1.165, 1.54) is 89.9 Å². The maximum Gasteiger partial charge on any atom is 0.306 e. The van der Waals surface area contributed by atoms with Crippen LogP contribution in [-0.4, -0.2) is 106 Å². The van der Waals surface area contributed by atoms with Crippen molar-refractivity contribution < 1.29 is 42.9 Å². The predicted octanol–water partition coefficient (Wildman–Crippen LogP) is 15.6. The van der Waals surface area contributed by atoms with Gasteiger partial charge in [-0.3, -0.25) is 19.2 Å². The maximum atomic E-state index is 14.1. The highest BCUT2D eigenvalue weighted by Gasteiger charge is 2.28. The van der Waals surface area contributed by atoms with Gasteiger partial charge in [0, 0.05) is 39.0 Å². The van der Waals surface area contributed by atoms with Gasteiger partial charge < -0.3 is 33.5 Å². The minimum absolute atomic E-state index is 0.0356. The van der Waals surface area contributed by atoms with Crippen LogP contribution in [0.25, 0.3) is 0 Å². The second-order valence-corrected chi connectivity index (χ2v) is 20.6. The van der Waals surface area contributed by atoms with Gasteiger partial charge in [-0.1, -0.05) is 175 Å². The first-order valence-electron chi connectivity index (χ1n) is 29.9. The molecule has 11 nitrogen and oxygen atoms in total. The van der Waals surface area contributed by atoms with Gasteiger partial charge in [0.05, 0.1) is 12.5 Å². The molecule has 0 aromatic heterocycles. The van der Waals surface area contributed by atoms with Crippen LogP contribution in [0.15, 0.2) is 12.2 Å². The Bertz CT molecular complexity index is 1230. The van der Waals surface area contributed by atoms with Gasteiger partial charge in [-0.25, -0.2) is 0 Å². The Balaban J connectivity index is 5.57. The number of amides is 1. The van der Waals surface area contributed by atoms with E-state index in [0.717, 1.165) is 116 Å². The number of carbonyl (C=O) groups is 4. The van der Waals surface area contributed by atoms with Gasteiger partial charge in [0.2, 0.25) is 5.91 Å². The normalized spacial score (nSPS) is 12.5. The molecule has 0 aliphatic carbocycles. The Morgan fingerprint density at radius 2 is 0.873 bits per heavy atom. The van der Waals surface area contributed by atoms with Crippen molar-refractivity contribution in [3.8, 4) is 0 Å². The number of esters is 3. The minimum atomic E-state index is -0.685. The fraction of sp³-hybridized carbons (Fsp3) is 0.900. The van der Waals surface area contributed by atoms with Crippen molar-refractivity contribution >= 4 is 23.8 Å². The molecular weight excluding hydrogens is 893 g/mol. The summed E-state index contributed by atoms with van der Waals surface area (Å²) in [6, 6.07) is -0.685. The van der Waals surface area contributed by atoms with Crippen molar-refractivity contribution in [1.82, 2.24) is 9.80 Å². The van der Waals surface area contributed by atoms with Gasteiger partial charge in [0.25, 0.3) is 0 Å². The number of nitrogens with zero attached hydrogens (tertiary/aromatic N) is 2. The van der Waals surface area contributed by atoms with E-state index in [0.29, 0.717) is 45.4 Å². The molecule has 0 aliphatic rings. The molecule has 0 heterocycles. The van der Waals surface area contributed by atoms with E-state index >= 15 is 0 Å². The molecule has 418 valence electrons. The molecule has 2 unspecified atom stereocenters. The molecule has 0 aliphatic heterocycles. The van der Waals surface area contributed by atoms with Crippen LogP contribution in [0.4, 0.5) is 0 Å². The van der Waals surface area contributed by atoms with Crippen molar-refractivity contribution in [2.24, 2.45) is 0 Å². The monoisotopic (exact) mass is 1010 g/mol. The van der Waals surface area contributed by atoms with Crippen LogP contribution in [0.3, 0.4) is 0 Å². The van der Waals surface area contributed by atoms with Gasteiger partial charge in [-0.15, -0.1) is 0 Å². The first-order valence-corrected chi connectivity index (χ1v) is 29.9. The van der Waals surface area contributed by atoms with Crippen LogP contribution in [-0.2, 0) is 42.9 Å². The van der Waals surface area contributed by atoms with Crippen molar-refractivity contribution in [1.29, 1.82) is 0 Å². The van der Waals surface area contributed by atoms with Gasteiger partial charge in [0.15, 0.2) is 6.29 Å². The summed E-state index contributed by atoms with van der Waals surface area (Å²) in [6.45, 7) is 13.3. The quantitative estimate of drug-likeness (QED) is 0.0191. The van der Waals surface area contributed by atoms with Crippen LogP contribution in [0.5, 0.6) is 0 Å². The zero-order valence-electron chi connectivity index (χ0n) is 47.6. The second kappa shape index (κ2) is 52.4. The molecule has 0 aromatic carbocycles. The molecular formula is C60H114N2O9. The summed E-state index contributed by atoms with van der Waals surface area (Å²) >= 11 is 0. The molecule has 0 rings (SSSR count). The third-order valence-electron chi connectivity index (χ3n) is 13.3. The number of unbranched alkanes of at least 4 members (excludes halogenated alkanes) is 23. The molecule has 71 heavy (non-hydrogen) atoms. The number of carbonyl (C=O) groups excluding carboxylic acids is 4. The molecule has 11 heteroatoms. The standard InChI is InChI=1S/C60H114N2O9/c1-8-13-17-21-22-23-24-25-26-27-28-29-30-31-35-43-57(64)69-52-54(62(49-40-48-61(6)7)56(63)46-47-59(66)71-55(41-12-5)42-34-20-16-11-4)53-70-58(65)44-36-37-45-60(67-50-38-32-18-14-9-2)68-51-39-33-19-15-10-3/h25-26,54-55,60H,8-24,27-53H2,1-7H3/b26-25-. The van der Waals surface area contributed by atoms with E-state index in [-0.39, 0.29) is 68.7 Å². The van der Waals surface area contributed by atoms with E-state index < -0.39 is 6.04 Å². The SMILES string of the molecule is CCCCCCCC/C=C\CCCCCCCC(=O)OCC(COC(=O)CCCCC(OCCCCCCC)OCCCCCCC)N(CCCN(C)C)C(=O)CCC(=O)OC(CCC)CCCCCC. The lowest BCUT2D eigenvalue weighted by molar-refractivity contribution is -0.156. The lowest BCUT2D eigenvalue weighted by Crippen LogP contribution is -2.47. The van der Waals surface area contributed by atoms with E-state index in [2.05, 4.69) is 51.7 Å². The molecule has 0 fully saturated rings. The topological polar surface area (TPSA) is 121 Å². The molecule has 0 saturated carbocycles. The van der Waals surface area contributed by atoms with Gasteiger partial charge in [-0.05, 0) is 111 Å². The summed E-state index contributed by atoms with van der Waals surface area (Å²) < 4.78 is 30.0. The fourth-order valence-corrected chi connectivity index (χ4v) is 8.78. The Hall–Kier alpha value is -2.50. The van der Waals surface area contributed by atoms with E-state index in [4.69, 9.17) is 23.7 Å². The zero-order valence-corrected chi connectivity index (χ0v) is 47.6. The molecule has 0 aromatic rings. The number of rotatable bonds is 54. The molecule has 1 amide bonds. The van der Waals surface area contributed by atoms with Gasteiger partial charge >= 0.3 is 17.9 Å². The summed E-state index contributed by atoms with van der Waals surface area (Å²) in [5, 5.41) is 0. The van der Waals surface area contributed by atoms with Crippen molar-refractivity contribution in [3.05, 3.63) is 12.2 Å². The largest absolute Gasteiger partial charge is 0.463 e. The fourth-order valence-electron chi connectivity index (χ4n) is 8.78. The summed E-state index contributed by atoms with van der Waals surface area (Å²) in [4.78, 5) is 57.4.